The number of nitrogens with zero attached hydrogens (tertiary/aromatic N) is 1. The predicted molar refractivity (Wildman–Crippen MR) is 118 cm³/mol. The van der Waals surface area contributed by atoms with Crippen molar-refractivity contribution in [2.24, 2.45) is 0 Å². The molecular formula is C22H24N4O6. The predicted octanol–water partition coefficient (Wildman–Crippen LogP) is 1.63. The van der Waals surface area contributed by atoms with Crippen molar-refractivity contribution in [3.63, 3.8) is 0 Å². The second-order valence-electron chi connectivity index (χ2n) is 6.91. The topological polar surface area (TPSA) is 132 Å². The number of carbonyl (C=O) groups excluding carboxylic acids is 2. The van der Waals surface area contributed by atoms with Crippen LogP contribution in [0.4, 0.5) is 5.69 Å². The van der Waals surface area contributed by atoms with Gasteiger partial charge in [0.25, 0.3) is 5.56 Å². The number of carbonyl (C=O) groups is 2. The Bertz CT molecular complexity index is 1180. The molecule has 1 heterocycles. The van der Waals surface area contributed by atoms with E-state index < -0.39 is 17.9 Å². The van der Waals surface area contributed by atoms with Crippen LogP contribution in [0.15, 0.2) is 41.2 Å². The largest absolute Gasteiger partial charge is 0.493 e. The van der Waals surface area contributed by atoms with Gasteiger partial charge in [-0.3, -0.25) is 14.4 Å². The summed E-state index contributed by atoms with van der Waals surface area (Å²) in [6.45, 7) is 1.56. The highest BCUT2D eigenvalue weighted by atomic mass is 16.5. The first-order valence-electron chi connectivity index (χ1n) is 9.74. The summed E-state index contributed by atoms with van der Waals surface area (Å²) in [5, 5.41) is 12.8. The first-order valence-corrected chi connectivity index (χ1v) is 9.74. The Hall–Kier alpha value is -4.08. The van der Waals surface area contributed by atoms with Crippen molar-refractivity contribution in [3.05, 3.63) is 52.4 Å². The van der Waals surface area contributed by atoms with Gasteiger partial charge in [-0.2, -0.15) is 5.10 Å². The third-order valence-corrected chi connectivity index (χ3v) is 4.81. The second-order valence-corrected chi connectivity index (χ2v) is 6.91. The Balaban J connectivity index is 1.69. The minimum Gasteiger partial charge on any atom is -0.493 e. The van der Waals surface area contributed by atoms with Crippen LogP contribution >= 0.6 is 0 Å². The molecule has 0 aliphatic carbocycles. The Morgan fingerprint density at radius 1 is 1.03 bits per heavy atom. The molecule has 10 nitrogen and oxygen atoms in total. The van der Waals surface area contributed by atoms with Crippen LogP contribution in [0.3, 0.4) is 0 Å². The number of aromatic amines is 1. The highest BCUT2D eigenvalue weighted by molar-refractivity contribution is 5.98. The smallest absolute Gasteiger partial charge is 0.272 e. The molecule has 32 heavy (non-hydrogen) atoms. The number of methoxy groups -OCH3 is 3. The minimum absolute atomic E-state index is 0.0981. The molecule has 3 N–H and O–H groups in total. The van der Waals surface area contributed by atoms with Crippen LogP contribution in [0.1, 0.15) is 12.6 Å². The molecule has 0 bridgehead atoms. The Morgan fingerprint density at radius 3 is 2.25 bits per heavy atom. The molecule has 0 saturated heterocycles. The van der Waals surface area contributed by atoms with Crippen LogP contribution < -0.4 is 30.4 Å². The molecule has 2 amide bonds. The first-order chi connectivity index (χ1) is 15.4. The quantitative estimate of drug-likeness (QED) is 0.485. The van der Waals surface area contributed by atoms with Crippen molar-refractivity contribution in [3.8, 4) is 17.2 Å². The molecule has 3 aromatic rings. The highest BCUT2D eigenvalue weighted by Gasteiger charge is 2.20. The number of hydrogen-bond donors (Lipinski definition) is 3. The van der Waals surface area contributed by atoms with E-state index in [1.54, 1.807) is 43.3 Å². The lowest BCUT2D eigenvalue weighted by Crippen LogP contribution is -2.42. The highest BCUT2D eigenvalue weighted by Crippen LogP contribution is 2.39. The van der Waals surface area contributed by atoms with E-state index in [0.29, 0.717) is 39.4 Å². The number of anilines is 1. The van der Waals surface area contributed by atoms with Gasteiger partial charge in [-0.25, -0.2) is 5.10 Å². The van der Waals surface area contributed by atoms with E-state index in [2.05, 4.69) is 20.8 Å². The van der Waals surface area contributed by atoms with E-state index in [1.165, 1.54) is 21.3 Å². The average Bonchev–Trinajstić information content (AvgIpc) is 2.80. The number of ether oxygens (including phenoxy) is 3. The molecule has 0 fully saturated rings. The van der Waals surface area contributed by atoms with Crippen molar-refractivity contribution in [2.45, 2.75) is 19.4 Å². The van der Waals surface area contributed by atoms with E-state index in [1.807, 2.05) is 0 Å². The van der Waals surface area contributed by atoms with Crippen LogP contribution in [0.25, 0.3) is 10.8 Å². The normalized spacial score (nSPS) is 11.5. The van der Waals surface area contributed by atoms with Crippen LogP contribution in [-0.4, -0.2) is 49.4 Å². The average molecular weight is 440 g/mol. The molecule has 168 valence electrons. The van der Waals surface area contributed by atoms with Gasteiger partial charge in [-0.05, 0) is 13.0 Å². The van der Waals surface area contributed by atoms with Crippen LogP contribution in [0.5, 0.6) is 17.2 Å². The standard InChI is InChI=1S/C22H24N4O6/c1-12(21(28)24-13-9-17(30-2)20(32-4)18(10-13)31-3)23-19(27)11-16-14-7-5-6-8-15(14)22(29)26-25-16/h5-10,12H,11H2,1-4H3,(H,23,27)(H,24,28)(H,26,29). The third kappa shape index (κ3) is 4.80. The maximum absolute atomic E-state index is 12.6. The fraction of sp³-hybridized carbons (Fsp3) is 0.273. The Labute approximate surface area is 183 Å². The number of fused-ring (bicyclic) bond motifs is 1. The lowest BCUT2D eigenvalue weighted by molar-refractivity contribution is -0.125. The summed E-state index contributed by atoms with van der Waals surface area (Å²) in [5.74, 6) is 0.314. The molecule has 1 atom stereocenters. The van der Waals surface area contributed by atoms with Crippen molar-refractivity contribution in [2.75, 3.05) is 26.6 Å². The van der Waals surface area contributed by atoms with Crippen LogP contribution in [-0.2, 0) is 16.0 Å². The fourth-order valence-electron chi connectivity index (χ4n) is 3.22. The number of rotatable bonds is 8. The van der Waals surface area contributed by atoms with E-state index in [9.17, 15) is 14.4 Å². The number of hydrogen-bond acceptors (Lipinski definition) is 7. The number of benzene rings is 2. The minimum atomic E-state index is -0.837. The van der Waals surface area contributed by atoms with E-state index >= 15 is 0 Å². The summed E-state index contributed by atoms with van der Waals surface area (Å²) in [7, 11) is 4.43. The lowest BCUT2D eigenvalue weighted by Gasteiger charge is -2.17. The van der Waals surface area contributed by atoms with Crippen LogP contribution in [0.2, 0.25) is 0 Å². The van der Waals surface area contributed by atoms with Gasteiger partial charge in [0, 0.05) is 23.2 Å². The second kappa shape index (κ2) is 9.82. The summed E-state index contributed by atoms with van der Waals surface area (Å²) in [4.78, 5) is 37.0. The van der Waals surface area contributed by atoms with Crippen molar-refractivity contribution >= 4 is 28.3 Å². The molecule has 0 aliphatic heterocycles. The van der Waals surface area contributed by atoms with Gasteiger partial charge in [0.15, 0.2) is 11.5 Å². The summed E-state index contributed by atoms with van der Waals surface area (Å²) in [6.07, 6.45) is -0.0981. The van der Waals surface area contributed by atoms with E-state index in [4.69, 9.17) is 14.2 Å². The van der Waals surface area contributed by atoms with Gasteiger partial charge in [-0.15, -0.1) is 0 Å². The summed E-state index contributed by atoms with van der Waals surface area (Å²) in [6, 6.07) is 9.21. The molecule has 2 aromatic carbocycles. The monoisotopic (exact) mass is 440 g/mol. The zero-order valence-corrected chi connectivity index (χ0v) is 18.1. The van der Waals surface area contributed by atoms with E-state index in [-0.39, 0.29) is 12.0 Å². The van der Waals surface area contributed by atoms with Gasteiger partial charge >= 0.3 is 0 Å². The summed E-state index contributed by atoms with van der Waals surface area (Å²) < 4.78 is 15.8. The van der Waals surface area contributed by atoms with Crippen molar-refractivity contribution in [1.29, 1.82) is 0 Å². The van der Waals surface area contributed by atoms with Gasteiger partial charge in [0.2, 0.25) is 17.6 Å². The van der Waals surface area contributed by atoms with Gasteiger partial charge in [-0.1, -0.05) is 18.2 Å². The number of amides is 2. The zero-order valence-electron chi connectivity index (χ0n) is 18.1. The Morgan fingerprint density at radius 2 is 1.66 bits per heavy atom. The van der Waals surface area contributed by atoms with Gasteiger partial charge in [0.1, 0.15) is 6.04 Å². The molecule has 1 unspecified atom stereocenters. The van der Waals surface area contributed by atoms with Crippen LogP contribution in [0, 0.1) is 0 Å². The number of nitrogens with one attached hydrogen (secondary N) is 3. The number of H-pyrrole nitrogens is 1. The van der Waals surface area contributed by atoms with Crippen molar-refractivity contribution in [1.82, 2.24) is 15.5 Å². The molecule has 3 rings (SSSR count). The van der Waals surface area contributed by atoms with Gasteiger partial charge in [0.05, 0.1) is 38.8 Å². The zero-order chi connectivity index (χ0) is 23.3. The maximum atomic E-state index is 12.6. The maximum Gasteiger partial charge on any atom is 0.272 e. The first kappa shape index (κ1) is 22.6. The number of aromatic nitrogens is 2. The molecule has 0 aliphatic rings. The molecule has 1 aromatic heterocycles. The molecule has 0 spiro atoms. The Kier molecular flexibility index (Phi) is 6.93. The van der Waals surface area contributed by atoms with Crippen molar-refractivity contribution < 1.29 is 23.8 Å². The summed E-state index contributed by atoms with van der Waals surface area (Å²) >= 11 is 0. The van der Waals surface area contributed by atoms with Gasteiger partial charge < -0.3 is 24.8 Å². The molecule has 0 radical (unpaired) electrons. The molecule has 10 heteroatoms. The SMILES string of the molecule is COc1cc(NC(=O)C(C)NC(=O)Cc2n[nH]c(=O)c3ccccc23)cc(OC)c1OC. The molecule has 0 saturated carbocycles. The van der Waals surface area contributed by atoms with E-state index in [0.717, 1.165) is 0 Å². The fourth-order valence-corrected chi connectivity index (χ4v) is 3.22. The third-order valence-electron chi connectivity index (χ3n) is 4.81. The lowest BCUT2D eigenvalue weighted by atomic mass is 10.1. The summed E-state index contributed by atoms with van der Waals surface area (Å²) in [5.41, 5.74) is 0.497. The molecular weight excluding hydrogens is 416 g/mol.